The van der Waals surface area contributed by atoms with Crippen LogP contribution in [0.15, 0.2) is 11.4 Å². The fraction of sp³-hybridized carbons (Fsp3) is 0.333. The average molecular weight is 210 g/mol. The summed E-state index contributed by atoms with van der Waals surface area (Å²) >= 11 is 1.31. The van der Waals surface area contributed by atoms with Crippen LogP contribution in [-0.4, -0.2) is 31.5 Å². The highest BCUT2D eigenvalue weighted by Crippen LogP contribution is 2.25. The number of nitrogens with zero attached hydrogens (tertiary/aromatic N) is 2. The highest BCUT2D eigenvalue weighted by atomic mass is 32.1. The Balaban J connectivity index is 2.84. The monoisotopic (exact) mass is 210 g/mol. The van der Waals surface area contributed by atoms with Gasteiger partial charge in [-0.25, -0.2) is 0 Å². The van der Waals surface area contributed by atoms with Gasteiger partial charge < -0.3 is 9.64 Å². The molecule has 1 aromatic heterocycles. The van der Waals surface area contributed by atoms with Crippen molar-refractivity contribution in [2.45, 2.75) is 0 Å². The number of hydrogen-bond acceptors (Lipinski definition) is 4. The van der Waals surface area contributed by atoms with Crippen LogP contribution in [0, 0.1) is 11.3 Å². The molecule has 1 rings (SSSR count). The smallest absolute Gasteiger partial charge is 0.268 e. The molecule has 1 amide bonds. The third kappa shape index (κ3) is 2.03. The van der Waals surface area contributed by atoms with Crippen LogP contribution in [0.3, 0.4) is 0 Å². The number of amides is 1. The minimum Gasteiger partial charge on any atom is -0.495 e. The Hall–Kier alpha value is -1.54. The van der Waals surface area contributed by atoms with Gasteiger partial charge in [-0.05, 0) is 11.4 Å². The van der Waals surface area contributed by atoms with Gasteiger partial charge in [0.25, 0.3) is 5.91 Å². The zero-order chi connectivity index (χ0) is 10.6. The molecule has 0 fully saturated rings. The lowest BCUT2D eigenvalue weighted by Gasteiger charge is -2.12. The van der Waals surface area contributed by atoms with Crippen molar-refractivity contribution in [3.05, 3.63) is 16.3 Å². The van der Waals surface area contributed by atoms with E-state index in [1.54, 1.807) is 18.5 Å². The third-order valence-corrected chi connectivity index (χ3v) is 2.58. The van der Waals surface area contributed by atoms with E-state index in [0.29, 0.717) is 10.6 Å². The summed E-state index contributed by atoms with van der Waals surface area (Å²) in [6, 6.07) is 3.65. The first-order valence-corrected chi connectivity index (χ1v) is 4.82. The van der Waals surface area contributed by atoms with Crippen molar-refractivity contribution in [2.75, 3.05) is 20.7 Å². The molecule has 0 bridgehead atoms. The van der Waals surface area contributed by atoms with E-state index < -0.39 is 0 Å². The minimum atomic E-state index is -0.182. The highest BCUT2D eigenvalue weighted by molar-refractivity contribution is 7.12. The summed E-state index contributed by atoms with van der Waals surface area (Å²) < 4.78 is 5.01. The molecule has 0 radical (unpaired) electrons. The second-order valence-corrected chi connectivity index (χ2v) is 3.55. The lowest BCUT2D eigenvalue weighted by Crippen LogP contribution is -2.26. The van der Waals surface area contributed by atoms with Crippen LogP contribution in [-0.2, 0) is 0 Å². The maximum Gasteiger partial charge on any atom is 0.268 e. The van der Waals surface area contributed by atoms with Gasteiger partial charge in [0, 0.05) is 7.05 Å². The topological polar surface area (TPSA) is 53.3 Å². The van der Waals surface area contributed by atoms with Crippen molar-refractivity contribution >= 4 is 17.2 Å². The standard InChI is InChI=1S/C9H10N2O2S/c1-11(5-4-10)9(12)8-7(13-2)3-6-14-8/h3,6H,5H2,1-2H3. The largest absolute Gasteiger partial charge is 0.495 e. The van der Waals surface area contributed by atoms with Gasteiger partial charge in [0.05, 0.1) is 13.2 Å². The van der Waals surface area contributed by atoms with Gasteiger partial charge in [0.2, 0.25) is 0 Å². The van der Waals surface area contributed by atoms with Gasteiger partial charge >= 0.3 is 0 Å². The predicted molar refractivity (Wildman–Crippen MR) is 53.4 cm³/mol. The van der Waals surface area contributed by atoms with E-state index in [1.807, 2.05) is 6.07 Å². The molecule has 1 aromatic rings. The number of ether oxygens (including phenoxy) is 1. The van der Waals surface area contributed by atoms with E-state index in [0.717, 1.165) is 0 Å². The summed E-state index contributed by atoms with van der Waals surface area (Å²) in [4.78, 5) is 13.6. The molecule has 0 aliphatic rings. The van der Waals surface area contributed by atoms with Crippen molar-refractivity contribution < 1.29 is 9.53 Å². The Bertz CT molecular complexity index is 367. The normalized spacial score (nSPS) is 9.21. The molecular formula is C9H10N2O2S. The van der Waals surface area contributed by atoms with Crippen molar-refractivity contribution in [2.24, 2.45) is 0 Å². The molecule has 0 spiro atoms. The average Bonchev–Trinajstić information content (AvgIpc) is 2.64. The van der Waals surface area contributed by atoms with Gasteiger partial charge in [0.1, 0.15) is 17.2 Å². The molecule has 0 saturated heterocycles. The van der Waals surface area contributed by atoms with Gasteiger partial charge in [-0.1, -0.05) is 0 Å². The fourth-order valence-corrected chi connectivity index (χ4v) is 1.82. The summed E-state index contributed by atoms with van der Waals surface area (Å²) in [5, 5.41) is 10.2. The Kier molecular flexibility index (Phi) is 3.48. The molecule has 0 aliphatic heterocycles. The molecule has 0 atom stereocenters. The van der Waals surface area contributed by atoms with E-state index in [9.17, 15) is 4.79 Å². The van der Waals surface area contributed by atoms with E-state index in [-0.39, 0.29) is 12.5 Å². The SMILES string of the molecule is COc1ccsc1C(=O)N(C)CC#N. The van der Waals surface area contributed by atoms with Crippen molar-refractivity contribution in [3.63, 3.8) is 0 Å². The molecule has 0 aromatic carbocycles. The summed E-state index contributed by atoms with van der Waals surface area (Å²) in [5.41, 5.74) is 0. The zero-order valence-corrected chi connectivity index (χ0v) is 8.80. The summed E-state index contributed by atoms with van der Waals surface area (Å²) in [6.07, 6.45) is 0. The van der Waals surface area contributed by atoms with Crippen molar-refractivity contribution in [1.29, 1.82) is 5.26 Å². The van der Waals surface area contributed by atoms with E-state index in [1.165, 1.54) is 23.3 Å². The third-order valence-electron chi connectivity index (χ3n) is 1.70. The van der Waals surface area contributed by atoms with Crippen LogP contribution in [0.4, 0.5) is 0 Å². The first kappa shape index (κ1) is 10.5. The molecule has 4 nitrogen and oxygen atoms in total. The Morgan fingerprint density at radius 2 is 2.50 bits per heavy atom. The number of hydrogen-bond donors (Lipinski definition) is 0. The van der Waals surface area contributed by atoms with Crippen LogP contribution in [0.25, 0.3) is 0 Å². The first-order chi connectivity index (χ1) is 6.70. The van der Waals surface area contributed by atoms with Gasteiger partial charge in [-0.3, -0.25) is 4.79 Å². The molecule has 0 unspecified atom stereocenters. The van der Waals surface area contributed by atoms with Crippen LogP contribution in [0.2, 0.25) is 0 Å². The van der Waals surface area contributed by atoms with Gasteiger partial charge in [-0.2, -0.15) is 5.26 Å². The van der Waals surface area contributed by atoms with Gasteiger partial charge in [-0.15, -0.1) is 11.3 Å². The lowest BCUT2D eigenvalue weighted by molar-refractivity contribution is 0.0813. The Labute approximate surface area is 86.3 Å². The molecule has 0 saturated carbocycles. The molecule has 74 valence electrons. The van der Waals surface area contributed by atoms with Crippen molar-refractivity contribution in [3.8, 4) is 11.8 Å². The quantitative estimate of drug-likeness (QED) is 0.708. The molecular weight excluding hydrogens is 200 g/mol. The molecule has 14 heavy (non-hydrogen) atoms. The van der Waals surface area contributed by atoms with E-state index >= 15 is 0 Å². The predicted octanol–water partition coefficient (Wildman–Crippen LogP) is 1.35. The second kappa shape index (κ2) is 4.63. The number of rotatable bonds is 3. The van der Waals surface area contributed by atoms with Crippen LogP contribution in [0.1, 0.15) is 9.67 Å². The van der Waals surface area contributed by atoms with Crippen LogP contribution >= 0.6 is 11.3 Å². The molecule has 5 heteroatoms. The highest BCUT2D eigenvalue weighted by Gasteiger charge is 2.17. The van der Waals surface area contributed by atoms with E-state index in [2.05, 4.69) is 0 Å². The Morgan fingerprint density at radius 3 is 3.07 bits per heavy atom. The number of carbonyl (C=O) groups excluding carboxylic acids is 1. The molecule has 0 aliphatic carbocycles. The van der Waals surface area contributed by atoms with Gasteiger partial charge in [0.15, 0.2) is 0 Å². The lowest BCUT2D eigenvalue weighted by atomic mass is 10.4. The number of methoxy groups -OCH3 is 1. The first-order valence-electron chi connectivity index (χ1n) is 3.94. The van der Waals surface area contributed by atoms with Crippen LogP contribution in [0.5, 0.6) is 5.75 Å². The second-order valence-electron chi connectivity index (χ2n) is 2.64. The Morgan fingerprint density at radius 1 is 1.79 bits per heavy atom. The summed E-state index contributed by atoms with van der Waals surface area (Å²) in [6.45, 7) is 0.0832. The summed E-state index contributed by atoms with van der Waals surface area (Å²) in [7, 11) is 3.10. The number of nitriles is 1. The molecule has 1 heterocycles. The maximum absolute atomic E-state index is 11.7. The van der Waals surface area contributed by atoms with E-state index in [4.69, 9.17) is 10.00 Å². The molecule has 0 N–H and O–H groups in total. The minimum absolute atomic E-state index is 0.0832. The van der Waals surface area contributed by atoms with Crippen LogP contribution < -0.4 is 4.74 Å². The number of carbonyl (C=O) groups is 1. The zero-order valence-electron chi connectivity index (χ0n) is 7.98. The number of thiophene rings is 1. The maximum atomic E-state index is 11.7. The van der Waals surface area contributed by atoms with Crippen molar-refractivity contribution in [1.82, 2.24) is 4.90 Å². The fourth-order valence-electron chi connectivity index (χ4n) is 0.965. The summed E-state index contributed by atoms with van der Waals surface area (Å²) in [5.74, 6) is 0.378.